The van der Waals surface area contributed by atoms with Crippen molar-refractivity contribution in [2.24, 2.45) is 0 Å². The van der Waals surface area contributed by atoms with E-state index in [1.165, 1.54) is 0 Å². The number of esters is 1. The molecule has 1 aromatic heterocycles. The molecule has 0 unspecified atom stereocenters. The summed E-state index contributed by atoms with van der Waals surface area (Å²) in [5.41, 5.74) is 5.35. The Morgan fingerprint density at radius 1 is 0.833 bits per heavy atom. The zero-order chi connectivity index (χ0) is 24.9. The molecule has 6 nitrogen and oxygen atoms in total. The summed E-state index contributed by atoms with van der Waals surface area (Å²) in [6, 6.07) is 22.9. The van der Waals surface area contributed by atoms with Crippen LogP contribution in [0.25, 0.3) is 22.6 Å². The summed E-state index contributed by atoms with van der Waals surface area (Å²) in [6.07, 6.45) is 3.68. The van der Waals surface area contributed by atoms with Gasteiger partial charge in [0.25, 0.3) is 0 Å². The molecule has 1 aliphatic rings. The Labute approximate surface area is 210 Å². The molecule has 0 N–H and O–H groups in total. The molecule has 1 aliphatic carbocycles. The van der Waals surface area contributed by atoms with Crippen LogP contribution in [0.3, 0.4) is 0 Å². The third kappa shape index (κ3) is 4.89. The Balaban J connectivity index is 1.37. The Morgan fingerprint density at radius 2 is 1.50 bits per heavy atom. The first-order valence-electron chi connectivity index (χ1n) is 11.9. The van der Waals surface area contributed by atoms with Crippen molar-refractivity contribution in [2.45, 2.75) is 12.8 Å². The molecule has 0 atom stereocenters. The monoisotopic (exact) mass is 481 g/mol. The number of carbonyl (C=O) groups excluding carboxylic acids is 1. The van der Waals surface area contributed by atoms with E-state index in [-0.39, 0.29) is 19.2 Å². The Hall–Kier alpha value is -4.32. The van der Waals surface area contributed by atoms with Crippen molar-refractivity contribution in [2.75, 3.05) is 27.4 Å². The van der Waals surface area contributed by atoms with Crippen LogP contribution in [0.15, 0.2) is 72.8 Å². The number of fused-ring (bicyclic) bond motifs is 2. The van der Waals surface area contributed by atoms with E-state index in [1.807, 2.05) is 72.8 Å². The maximum Gasteiger partial charge on any atom is 0.339 e. The van der Waals surface area contributed by atoms with E-state index in [2.05, 4.69) is 6.08 Å². The minimum Gasteiger partial charge on any atom is -0.497 e. The number of carbonyl (C=O) groups is 1. The Kier molecular flexibility index (Phi) is 6.85. The number of nitrogens with zero attached hydrogens (tertiary/aromatic N) is 1. The van der Waals surface area contributed by atoms with Gasteiger partial charge in [-0.25, -0.2) is 9.78 Å². The van der Waals surface area contributed by atoms with Crippen LogP contribution in [-0.4, -0.2) is 38.4 Å². The maximum absolute atomic E-state index is 13.3. The summed E-state index contributed by atoms with van der Waals surface area (Å²) in [5, 5.41) is 0.808. The third-order valence-corrected chi connectivity index (χ3v) is 6.25. The highest BCUT2D eigenvalue weighted by atomic mass is 16.6. The molecule has 0 amide bonds. The van der Waals surface area contributed by atoms with E-state index >= 15 is 0 Å². The number of para-hydroxylation sites is 1. The average Bonchev–Trinajstić information content (AvgIpc) is 3.32. The SMILES string of the molecule is COc1ccc(C=C2CCc3c2nc2ccccc2c3C(=O)OCCOc2ccc(OC)cc2)cc1. The molecule has 0 radical (unpaired) electrons. The first-order valence-corrected chi connectivity index (χ1v) is 11.9. The molecule has 1 heterocycles. The molecule has 5 rings (SSSR count). The van der Waals surface area contributed by atoms with Gasteiger partial charge in [-0.05, 0) is 78.1 Å². The van der Waals surface area contributed by atoms with Crippen LogP contribution in [-0.2, 0) is 11.2 Å². The molecule has 182 valence electrons. The largest absolute Gasteiger partial charge is 0.497 e. The van der Waals surface area contributed by atoms with Gasteiger partial charge in [0.05, 0.1) is 31.0 Å². The standard InChI is InChI=1S/C30H27NO5/c1-33-22-10-7-20(8-11-22)19-21-9-16-26-28(25-5-3-4-6-27(25)31-29(21)26)30(32)36-18-17-35-24-14-12-23(34-2)13-15-24/h3-8,10-15,19H,9,16-18H2,1-2H3. The van der Waals surface area contributed by atoms with Crippen LogP contribution in [0, 0.1) is 0 Å². The average molecular weight is 482 g/mol. The van der Waals surface area contributed by atoms with Crippen LogP contribution < -0.4 is 14.2 Å². The minimum atomic E-state index is -0.353. The van der Waals surface area contributed by atoms with Crippen LogP contribution in [0.4, 0.5) is 0 Å². The summed E-state index contributed by atoms with van der Waals surface area (Å²) in [6.45, 7) is 0.400. The van der Waals surface area contributed by atoms with E-state index in [0.717, 1.165) is 57.6 Å². The molecule has 0 spiro atoms. The van der Waals surface area contributed by atoms with Crippen LogP contribution >= 0.6 is 0 Å². The molecular formula is C30H27NO5. The fourth-order valence-corrected chi connectivity index (χ4v) is 4.45. The van der Waals surface area contributed by atoms with Crippen molar-refractivity contribution in [1.29, 1.82) is 0 Å². The fourth-order valence-electron chi connectivity index (χ4n) is 4.45. The molecule has 0 bridgehead atoms. The van der Waals surface area contributed by atoms with E-state index in [0.29, 0.717) is 11.3 Å². The van der Waals surface area contributed by atoms with Gasteiger partial charge in [-0.1, -0.05) is 30.3 Å². The normalized spacial score (nSPS) is 13.4. The minimum absolute atomic E-state index is 0.144. The molecule has 3 aromatic carbocycles. The van der Waals surface area contributed by atoms with Gasteiger partial charge in [0, 0.05) is 5.39 Å². The number of pyridine rings is 1. The zero-order valence-corrected chi connectivity index (χ0v) is 20.3. The zero-order valence-electron chi connectivity index (χ0n) is 20.3. The molecule has 0 fully saturated rings. The highest BCUT2D eigenvalue weighted by Crippen LogP contribution is 2.38. The first kappa shape index (κ1) is 23.4. The number of hydrogen-bond acceptors (Lipinski definition) is 6. The Morgan fingerprint density at radius 3 is 2.22 bits per heavy atom. The fraction of sp³-hybridized carbons (Fsp3) is 0.200. The van der Waals surface area contributed by atoms with E-state index in [1.54, 1.807) is 14.2 Å². The second-order valence-electron chi connectivity index (χ2n) is 8.43. The summed E-state index contributed by atoms with van der Waals surface area (Å²) in [7, 11) is 3.27. The lowest BCUT2D eigenvalue weighted by Crippen LogP contribution is -2.15. The lowest BCUT2D eigenvalue weighted by Gasteiger charge is -2.13. The van der Waals surface area contributed by atoms with Crippen molar-refractivity contribution in [3.05, 3.63) is 95.2 Å². The van der Waals surface area contributed by atoms with Crippen molar-refractivity contribution in [1.82, 2.24) is 4.98 Å². The van der Waals surface area contributed by atoms with E-state index < -0.39 is 0 Å². The number of rotatable bonds is 8. The van der Waals surface area contributed by atoms with E-state index in [9.17, 15) is 4.79 Å². The number of aromatic nitrogens is 1. The van der Waals surface area contributed by atoms with Gasteiger partial charge in [0.1, 0.15) is 30.5 Å². The van der Waals surface area contributed by atoms with Gasteiger partial charge in [0.2, 0.25) is 0 Å². The summed E-state index contributed by atoms with van der Waals surface area (Å²) >= 11 is 0. The second-order valence-corrected chi connectivity index (χ2v) is 8.43. The lowest BCUT2D eigenvalue weighted by atomic mass is 10.0. The molecule has 0 aliphatic heterocycles. The van der Waals surface area contributed by atoms with Gasteiger partial charge >= 0.3 is 5.97 Å². The predicted octanol–water partition coefficient (Wildman–Crippen LogP) is 5.97. The van der Waals surface area contributed by atoms with Gasteiger partial charge in [-0.2, -0.15) is 0 Å². The van der Waals surface area contributed by atoms with Crippen LogP contribution in [0.2, 0.25) is 0 Å². The number of methoxy groups -OCH3 is 2. The third-order valence-electron chi connectivity index (χ3n) is 6.25. The van der Waals surface area contributed by atoms with Gasteiger partial charge in [-0.3, -0.25) is 0 Å². The van der Waals surface area contributed by atoms with Gasteiger partial charge < -0.3 is 18.9 Å². The van der Waals surface area contributed by atoms with Crippen molar-refractivity contribution in [3.8, 4) is 17.2 Å². The number of hydrogen-bond donors (Lipinski definition) is 0. The number of benzene rings is 3. The quantitative estimate of drug-likeness (QED) is 0.228. The van der Waals surface area contributed by atoms with Gasteiger partial charge in [-0.15, -0.1) is 0 Å². The smallest absolute Gasteiger partial charge is 0.339 e. The molecule has 0 saturated carbocycles. The molecule has 36 heavy (non-hydrogen) atoms. The lowest BCUT2D eigenvalue weighted by molar-refractivity contribution is 0.0451. The molecule has 6 heteroatoms. The van der Waals surface area contributed by atoms with Crippen LogP contribution in [0.1, 0.15) is 33.6 Å². The number of allylic oxidation sites excluding steroid dienone is 1. The van der Waals surface area contributed by atoms with Crippen molar-refractivity contribution in [3.63, 3.8) is 0 Å². The highest BCUT2D eigenvalue weighted by molar-refractivity contribution is 6.07. The molecular weight excluding hydrogens is 454 g/mol. The molecule has 4 aromatic rings. The number of ether oxygens (including phenoxy) is 4. The summed E-state index contributed by atoms with van der Waals surface area (Å²) < 4.78 is 21.8. The summed E-state index contributed by atoms with van der Waals surface area (Å²) in [4.78, 5) is 18.2. The topological polar surface area (TPSA) is 66.9 Å². The first-order chi connectivity index (χ1) is 17.7. The van der Waals surface area contributed by atoms with E-state index in [4.69, 9.17) is 23.9 Å². The molecule has 0 saturated heterocycles. The highest BCUT2D eigenvalue weighted by Gasteiger charge is 2.27. The van der Waals surface area contributed by atoms with Gasteiger partial charge in [0.15, 0.2) is 0 Å². The predicted molar refractivity (Wildman–Crippen MR) is 140 cm³/mol. The van der Waals surface area contributed by atoms with Crippen molar-refractivity contribution < 1.29 is 23.7 Å². The maximum atomic E-state index is 13.3. The summed E-state index contributed by atoms with van der Waals surface area (Å²) in [5.74, 6) is 1.91. The second kappa shape index (κ2) is 10.5. The van der Waals surface area contributed by atoms with Crippen molar-refractivity contribution >= 4 is 28.5 Å². The Bertz CT molecular complexity index is 1410. The van der Waals surface area contributed by atoms with Crippen LogP contribution in [0.5, 0.6) is 17.2 Å².